The molecular weight excluding hydrogens is 787 g/mol. The van der Waals surface area contributed by atoms with Gasteiger partial charge >= 0.3 is 0 Å². The molecule has 2 heteroatoms. The number of hydrogen-bond acceptors (Lipinski definition) is 2. The van der Waals surface area contributed by atoms with Gasteiger partial charge in [0.1, 0.15) is 5.58 Å². The van der Waals surface area contributed by atoms with Crippen LogP contribution in [0, 0.1) is 0 Å². The maximum absolute atomic E-state index is 6.82. The van der Waals surface area contributed by atoms with Crippen molar-refractivity contribution in [1.82, 2.24) is 0 Å². The first-order chi connectivity index (χ1) is 31.3. The molecule has 0 spiro atoms. The molecule has 65 heavy (non-hydrogen) atoms. The SMILES string of the molecule is CC(C)(C)c1cc(-c2cccc3cccc(-c4ccccc4N(c4ccc(-c5ccc6c(c5)C(C)(C)C5=C6C=CCC5)cc4)c4cccc5c4oc4ccccc45)c23)cc(C(C)(C)C)c1. The molecule has 320 valence electrons. The van der Waals surface area contributed by atoms with Gasteiger partial charge in [0.15, 0.2) is 5.58 Å². The van der Waals surface area contributed by atoms with Gasteiger partial charge in [-0.3, -0.25) is 0 Å². The normalized spacial score (nSPS) is 14.6. The summed E-state index contributed by atoms with van der Waals surface area (Å²) in [6.07, 6.45) is 6.94. The Morgan fingerprint density at radius 2 is 1.15 bits per heavy atom. The third kappa shape index (κ3) is 6.85. The minimum absolute atomic E-state index is 0.00482. The van der Waals surface area contributed by atoms with Gasteiger partial charge in [0.05, 0.1) is 11.4 Å². The maximum Gasteiger partial charge on any atom is 0.159 e. The van der Waals surface area contributed by atoms with Gasteiger partial charge in [0, 0.05) is 27.4 Å². The van der Waals surface area contributed by atoms with Gasteiger partial charge in [-0.15, -0.1) is 0 Å². The summed E-state index contributed by atoms with van der Waals surface area (Å²) in [5, 5.41) is 4.68. The molecule has 0 aliphatic heterocycles. The van der Waals surface area contributed by atoms with Crippen LogP contribution >= 0.6 is 0 Å². The highest BCUT2D eigenvalue weighted by atomic mass is 16.3. The highest BCUT2D eigenvalue weighted by Gasteiger charge is 2.37. The standard InChI is InChI=1S/C63H57NO/c1-61(2,3)44-36-43(37-45(39-44)62(4,5)6)47-23-15-18-41-19-16-24-52(59(41)47)50-21-10-13-27-56(50)64(57-28-17-25-53-51-22-11-14-29-58(51)65-60(53)57)46-33-30-40(31-34-46)42-32-35-49-48-20-9-12-26-54(48)63(7,8)55(49)38-42/h9-11,13-25,27-39H,12,26H2,1-8H3. The molecule has 0 saturated carbocycles. The Labute approximate surface area is 384 Å². The van der Waals surface area contributed by atoms with E-state index in [0.29, 0.717) is 0 Å². The van der Waals surface area contributed by atoms with Crippen molar-refractivity contribution < 1.29 is 4.42 Å². The summed E-state index contributed by atoms with van der Waals surface area (Å²) in [4.78, 5) is 2.42. The van der Waals surface area contributed by atoms with E-state index in [9.17, 15) is 0 Å². The van der Waals surface area contributed by atoms with Crippen LogP contribution in [0.25, 0.3) is 71.7 Å². The largest absolute Gasteiger partial charge is 0.454 e. The fraction of sp³-hybridized carbons (Fsp3) is 0.206. The van der Waals surface area contributed by atoms with Crippen molar-refractivity contribution in [2.75, 3.05) is 4.90 Å². The zero-order valence-corrected chi connectivity index (χ0v) is 39.0. The molecule has 0 atom stereocenters. The third-order valence-electron chi connectivity index (χ3n) is 14.3. The van der Waals surface area contributed by atoms with Crippen LogP contribution in [0.1, 0.15) is 90.5 Å². The minimum atomic E-state index is -0.00482. The van der Waals surface area contributed by atoms with Crippen LogP contribution in [0.15, 0.2) is 186 Å². The van der Waals surface area contributed by atoms with Gasteiger partial charge in [-0.05, 0) is 126 Å². The predicted molar refractivity (Wildman–Crippen MR) is 278 cm³/mol. The molecule has 0 saturated heterocycles. The molecular formula is C63H57NO. The first kappa shape index (κ1) is 40.8. The monoisotopic (exact) mass is 843 g/mol. The van der Waals surface area contributed by atoms with Crippen molar-refractivity contribution in [2.24, 2.45) is 0 Å². The van der Waals surface area contributed by atoms with Gasteiger partial charge in [0.25, 0.3) is 0 Å². The van der Waals surface area contributed by atoms with E-state index in [1.54, 1.807) is 5.57 Å². The number of anilines is 3. The Bertz CT molecular complexity index is 3370. The number of para-hydroxylation sites is 3. The maximum atomic E-state index is 6.82. The first-order valence-electron chi connectivity index (χ1n) is 23.4. The van der Waals surface area contributed by atoms with E-state index >= 15 is 0 Å². The van der Waals surface area contributed by atoms with Crippen molar-refractivity contribution in [3.8, 4) is 33.4 Å². The summed E-state index contributed by atoms with van der Waals surface area (Å²) < 4.78 is 6.82. The van der Waals surface area contributed by atoms with Gasteiger partial charge in [-0.2, -0.15) is 0 Å². The molecule has 1 heterocycles. The third-order valence-corrected chi connectivity index (χ3v) is 14.3. The molecule has 0 amide bonds. The fourth-order valence-electron chi connectivity index (χ4n) is 10.7. The van der Waals surface area contributed by atoms with Crippen LogP contribution in [0.3, 0.4) is 0 Å². The topological polar surface area (TPSA) is 16.4 Å². The predicted octanol–water partition coefficient (Wildman–Crippen LogP) is 18.2. The van der Waals surface area contributed by atoms with E-state index in [2.05, 4.69) is 236 Å². The number of benzene rings is 8. The summed E-state index contributed by atoms with van der Waals surface area (Å²) in [6.45, 7) is 18.7. The van der Waals surface area contributed by atoms with Crippen LogP contribution in [-0.4, -0.2) is 0 Å². The molecule has 0 fully saturated rings. The Kier molecular flexibility index (Phi) is 9.49. The van der Waals surface area contributed by atoms with Crippen LogP contribution < -0.4 is 4.90 Å². The van der Waals surface area contributed by atoms with E-state index in [0.717, 1.165) is 57.4 Å². The van der Waals surface area contributed by atoms with E-state index in [1.165, 1.54) is 66.4 Å². The zero-order valence-electron chi connectivity index (χ0n) is 39.0. The summed E-state index contributed by atoms with van der Waals surface area (Å²) in [7, 11) is 0. The van der Waals surface area contributed by atoms with Gasteiger partial charge in [0.2, 0.25) is 0 Å². The van der Waals surface area contributed by atoms with E-state index < -0.39 is 0 Å². The molecule has 0 radical (unpaired) electrons. The molecule has 2 nitrogen and oxygen atoms in total. The van der Waals surface area contributed by atoms with Gasteiger partial charge < -0.3 is 9.32 Å². The van der Waals surface area contributed by atoms with E-state index in [4.69, 9.17) is 4.42 Å². The molecule has 11 rings (SSSR count). The van der Waals surface area contributed by atoms with Crippen molar-refractivity contribution in [2.45, 2.75) is 84.5 Å². The van der Waals surface area contributed by atoms with E-state index in [1.807, 2.05) is 0 Å². The molecule has 0 N–H and O–H groups in total. The lowest BCUT2D eigenvalue weighted by molar-refractivity contribution is 0.569. The van der Waals surface area contributed by atoms with Crippen molar-refractivity contribution in [3.05, 3.63) is 204 Å². The Hall–Kier alpha value is -6.90. The molecule has 0 bridgehead atoms. The number of rotatable bonds is 6. The molecule has 8 aromatic carbocycles. The second-order valence-electron chi connectivity index (χ2n) is 20.9. The number of allylic oxidation sites excluding steroid dienone is 4. The Balaban J connectivity index is 1.10. The minimum Gasteiger partial charge on any atom is -0.454 e. The van der Waals surface area contributed by atoms with Crippen LogP contribution in [0.5, 0.6) is 0 Å². The molecule has 2 aliphatic carbocycles. The number of furan rings is 1. The van der Waals surface area contributed by atoms with Crippen LogP contribution in [-0.2, 0) is 16.2 Å². The molecule has 1 aromatic heterocycles. The highest BCUT2D eigenvalue weighted by molar-refractivity contribution is 6.12. The molecule has 0 unspecified atom stereocenters. The summed E-state index contributed by atoms with van der Waals surface area (Å²) in [5.41, 5.74) is 20.7. The number of fused-ring (bicyclic) bond motifs is 6. The lowest BCUT2D eigenvalue weighted by atomic mass is 9.78. The quantitative estimate of drug-likeness (QED) is 0.166. The summed E-state index contributed by atoms with van der Waals surface area (Å²) >= 11 is 0. The number of hydrogen-bond donors (Lipinski definition) is 0. The van der Waals surface area contributed by atoms with Crippen LogP contribution in [0.2, 0.25) is 0 Å². The average molecular weight is 844 g/mol. The number of nitrogens with zero attached hydrogens (tertiary/aromatic N) is 1. The van der Waals surface area contributed by atoms with E-state index in [-0.39, 0.29) is 16.2 Å². The van der Waals surface area contributed by atoms with Crippen molar-refractivity contribution in [1.29, 1.82) is 0 Å². The highest BCUT2D eigenvalue weighted by Crippen LogP contribution is 2.52. The Morgan fingerprint density at radius 1 is 0.523 bits per heavy atom. The van der Waals surface area contributed by atoms with Crippen LogP contribution in [0.4, 0.5) is 17.1 Å². The van der Waals surface area contributed by atoms with Gasteiger partial charge in [-0.1, -0.05) is 201 Å². The van der Waals surface area contributed by atoms with Crippen molar-refractivity contribution >= 4 is 55.3 Å². The summed E-state index contributed by atoms with van der Waals surface area (Å²) in [5.74, 6) is 0. The lowest BCUT2D eigenvalue weighted by Gasteiger charge is -2.29. The summed E-state index contributed by atoms with van der Waals surface area (Å²) in [6, 6.07) is 61.0. The van der Waals surface area contributed by atoms with Gasteiger partial charge in [-0.25, -0.2) is 0 Å². The second kappa shape index (κ2) is 15.1. The smallest absolute Gasteiger partial charge is 0.159 e. The molecule has 2 aliphatic rings. The Morgan fingerprint density at radius 3 is 1.91 bits per heavy atom. The fourth-order valence-corrected chi connectivity index (χ4v) is 10.7. The second-order valence-corrected chi connectivity index (χ2v) is 20.9. The zero-order chi connectivity index (χ0) is 44.8. The molecule has 9 aromatic rings. The van der Waals surface area contributed by atoms with Crippen molar-refractivity contribution in [3.63, 3.8) is 0 Å². The average Bonchev–Trinajstić information content (AvgIpc) is 3.80. The lowest BCUT2D eigenvalue weighted by Crippen LogP contribution is -2.17. The first-order valence-corrected chi connectivity index (χ1v) is 23.4.